The third-order valence-electron chi connectivity index (χ3n) is 5.73. The summed E-state index contributed by atoms with van der Waals surface area (Å²) in [6.45, 7) is 13.0. The molecular formula is C26H37FNOP. The van der Waals surface area contributed by atoms with E-state index in [1.165, 1.54) is 11.6 Å². The van der Waals surface area contributed by atoms with Crippen LogP contribution in [-0.4, -0.2) is 18.4 Å². The van der Waals surface area contributed by atoms with E-state index in [4.69, 9.17) is 0 Å². The predicted molar refractivity (Wildman–Crippen MR) is 131 cm³/mol. The van der Waals surface area contributed by atoms with Crippen molar-refractivity contribution in [2.24, 2.45) is 4.99 Å². The highest BCUT2D eigenvalue weighted by molar-refractivity contribution is 7.48. The van der Waals surface area contributed by atoms with Crippen LogP contribution in [0, 0.1) is 12.7 Å². The Balaban J connectivity index is 2.62. The molecule has 1 N–H and O–H groups in total. The number of benzene rings is 2. The molecule has 0 saturated heterocycles. The van der Waals surface area contributed by atoms with Gasteiger partial charge >= 0.3 is 0 Å². The molecule has 2 atom stereocenters. The van der Waals surface area contributed by atoms with Crippen LogP contribution >= 0.6 is 8.58 Å². The van der Waals surface area contributed by atoms with Gasteiger partial charge in [0.2, 0.25) is 0 Å². The molecule has 0 heterocycles. The summed E-state index contributed by atoms with van der Waals surface area (Å²) in [4.78, 5) is 4.13. The standard InChI is InChI=1S/C26H37FNOP/c1-8-9-10-13-26(6,30-23-12-11-21(27)15-19(23)17-28-7)22-16-20(25(3,4)5)14-18(2)24(22)29/h11-12,14-17,29-30H,8-10,13H2,1-7H3/b28-17+. The summed E-state index contributed by atoms with van der Waals surface area (Å²) in [5.74, 6) is 0.141. The van der Waals surface area contributed by atoms with Crippen LogP contribution in [0.15, 0.2) is 35.3 Å². The Hall–Kier alpha value is -1.73. The molecule has 0 aliphatic heterocycles. The minimum Gasteiger partial charge on any atom is -0.507 e. The molecule has 2 nitrogen and oxygen atoms in total. The second-order valence-corrected chi connectivity index (χ2v) is 11.4. The van der Waals surface area contributed by atoms with Crippen molar-refractivity contribution in [3.05, 3.63) is 58.4 Å². The largest absolute Gasteiger partial charge is 0.507 e. The van der Waals surface area contributed by atoms with Crippen LogP contribution in [0.2, 0.25) is 0 Å². The van der Waals surface area contributed by atoms with E-state index >= 15 is 0 Å². The number of unbranched alkanes of at least 4 members (excludes halogenated alkanes) is 2. The van der Waals surface area contributed by atoms with Gasteiger partial charge < -0.3 is 5.11 Å². The molecule has 2 rings (SSSR count). The minimum absolute atomic E-state index is 0.00342. The van der Waals surface area contributed by atoms with E-state index in [1.807, 2.05) is 13.0 Å². The molecular weight excluding hydrogens is 392 g/mol. The van der Waals surface area contributed by atoms with Gasteiger partial charge in [-0.1, -0.05) is 80.7 Å². The highest BCUT2D eigenvalue weighted by Crippen LogP contribution is 2.50. The fourth-order valence-corrected chi connectivity index (χ4v) is 5.49. The van der Waals surface area contributed by atoms with E-state index in [1.54, 1.807) is 19.3 Å². The molecule has 0 saturated carbocycles. The third kappa shape index (κ3) is 5.91. The van der Waals surface area contributed by atoms with Gasteiger partial charge in [-0.2, -0.15) is 0 Å². The Kier molecular flexibility index (Phi) is 8.22. The van der Waals surface area contributed by atoms with Crippen molar-refractivity contribution in [2.75, 3.05) is 7.05 Å². The van der Waals surface area contributed by atoms with Crippen molar-refractivity contribution in [3.63, 3.8) is 0 Å². The van der Waals surface area contributed by atoms with Crippen LogP contribution in [0.4, 0.5) is 4.39 Å². The number of hydrogen-bond donors (Lipinski definition) is 1. The molecule has 0 spiro atoms. The summed E-state index contributed by atoms with van der Waals surface area (Å²) in [5.41, 5.74) is 3.97. The fraction of sp³-hybridized carbons (Fsp3) is 0.500. The van der Waals surface area contributed by atoms with Crippen LogP contribution in [0.5, 0.6) is 5.75 Å². The Morgan fingerprint density at radius 1 is 1.10 bits per heavy atom. The van der Waals surface area contributed by atoms with E-state index in [0.717, 1.165) is 47.7 Å². The molecule has 0 amide bonds. The lowest BCUT2D eigenvalue weighted by Gasteiger charge is -2.34. The highest BCUT2D eigenvalue weighted by Gasteiger charge is 2.32. The lowest BCUT2D eigenvalue weighted by Crippen LogP contribution is -2.23. The van der Waals surface area contributed by atoms with Gasteiger partial charge in [0, 0.05) is 29.5 Å². The lowest BCUT2D eigenvalue weighted by atomic mass is 9.82. The molecule has 2 aromatic rings. The summed E-state index contributed by atoms with van der Waals surface area (Å²) >= 11 is 0. The molecule has 4 heteroatoms. The third-order valence-corrected chi connectivity index (χ3v) is 7.53. The van der Waals surface area contributed by atoms with E-state index in [2.05, 4.69) is 51.7 Å². The van der Waals surface area contributed by atoms with Crippen molar-refractivity contribution in [1.29, 1.82) is 0 Å². The predicted octanol–water partition coefficient (Wildman–Crippen LogP) is 6.99. The van der Waals surface area contributed by atoms with Gasteiger partial charge in [0.25, 0.3) is 0 Å². The number of phenols is 1. The van der Waals surface area contributed by atoms with Gasteiger partial charge in [0.05, 0.1) is 0 Å². The average molecular weight is 430 g/mol. The monoisotopic (exact) mass is 429 g/mol. The van der Waals surface area contributed by atoms with Gasteiger partial charge in [-0.05, 0) is 47.3 Å². The number of halogens is 1. The van der Waals surface area contributed by atoms with Crippen LogP contribution in [0.25, 0.3) is 0 Å². The number of phenolic OH excluding ortho intramolecular Hbond substituents is 1. The Labute approximate surface area is 183 Å². The summed E-state index contributed by atoms with van der Waals surface area (Å²) in [7, 11) is 2.11. The smallest absolute Gasteiger partial charge is 0.123 e. The van der Waals surface area contributed by atoms with Gasteiger partial charge in [-0.3, -0.25) is 4.99 Å². The van der Waals surface area contributed by atoms with Crippen molar-refractivity contribution in [3.8, 4) is 5.75 Å². The molecule has 2 aromatic carbocycles. The quantitative estimate of drug-likeness (QED) is 0.274. The van der Waals surface area contributed by atoms with Crippen LogP contribution in [0.1, 0.15) is 82.6 Å². The van der Waals surface area contributed by atoms with Gasteiger partial charge in [0.15, 0.2) is 0 Å². The minimum atomic E-state index is -0.250. The maximum Gasteiger partial charge on any atom is 0.123 e. The molecule has 2 unspecified atom stereocenters. The van der Waals surface area contributed by atoms with Gasteiger partial charge in [0.1, 0.15) is 11.6 Å². The number of aryl methyl sites for hydroxylation is 1. The summed E-state index contributed by atoms with van der Waals surface area (Å²) in [5, 5.41) is 11.9. The molecule has 0 aliphatic carbocycles. The van der Waals surface area contributed by atoms with Crippen molar-refractivity contribution >= 4 is 20.1 Å². The van der Waals surface area contributed by atoms with Gasteiger partial charge in [-0.25, -0.2) is 4.39 Å². The van der Waals surface area contributed by atoms with Crippen LogP contribution < -0.4 is 5.30 Å². The highest BCUT2D eigenvalue weighted by atomic mass is 31.1. The topological polar surface area (TPSA) is 32.6 Å². The first-order valence-corrected chi connectivity index (χ1v) is 11.9. The Morgan fingerprint density at radius 3 is 2.40 bits per heavy atom. The Morgan fingerprint density at radius 2 is 1.80 bits per heavy atom. The average Bonchev–Trinajstić information content (AvgIpc) is 2.65. The van der Waals surface area contributed by atoms with Crippen LogP contribution in [-0.2, 0) is 10.6 Å². The Bertz CT molecular complexity index is 901. The zero-order valence-electron chi connectivity index (χ0n) is 19.6. The zero-order chi connectivity index (χ0) is 22.5. The SMILES string of the molecule is CCCCCC(C)(Pc1ccc(F)cc1/C=N/C)c1cc(C(C)(C)C)cc(C)c1O. The van der Waals surface area contributed by atoms with E-state index in [0.29, 0.717) is 14.3 Å². The van der Waals surface area contributed by atoms with Crippen molar-refractivity contribution < 1.29 is 9.50 Å². The number of hydrogen-bond acceptors (Lipinski definition) is 2. The van der Waals surface area contributed by atoms with Crippen LogP contribution in [0.3, 0.4) is 0 Å². The number of aromatic hydroxyl groups is 1. The molecule has 0 aliphatic rings. The van der Waals surface area contributed by atoms with Crippen molar-refractivity contribution in [1.82, 2.24) is 0 Å². The summed E-state index contributed by atoms with van der Waals surface area (Å²) in [6, 6.07) is 9.25. The van der Waals surface area contributed by atoms with Gasteiger partial charge in [-0.15, -0.1) is 0 Å². The molecule has 164 valence electrons. The maximum atomic E-state index is 13.9. The van der Waals surface area contributed by atoms with E-state index < -0.39 is 0 Å². The normalized spacial score (nSPS) is 14.7. The second kappa shape index (κ2) is 10.1. The summed E-state index contributed by atoms with van der Waals surface area (Å²) in [6.07, 6.45) is 6.10. The summed E-state index contributed by atoms with van der Waals surface area (Å²) < 4.78 is 13.9. The van der Waals surface area contributed by atoms with Crippen molar-refractivity contribution in [2.45, 2.75) is 77.8 Å². The van der Waals surface area contributed by atoms with E-state index in [9.17, 15) is 9.50 Å². The zero-order valence-corrected chi connectivity index (χ0v) is 20.6. The molecule has 0 aromatic heterocycles. The molecule has 0 bridgehead atoms. The first kappa shape index (κ1) is 24.5. The second-order valence-electron chi connectivity index (χ2n) is 9.47. The first-order valence-electron chi connectivity index (χ1n) is 10.9. The first-order chi connectivity index (χ1) is 14.0. The lowest BCUT2D eigenvalue weighted by molar-refractivity contribution is 0.444. The molecule has 30 heavy (non-hydrogen) atoms. The maximum absolute atomic E-state index is 13.9. The molecule has 0 radical (unpaired) electrons. The molecule has 0 fully saturated rings. The fourth-order valence-electron chi connectivity index (χ4n) is 3.82. The number of aliphatic imine (C=N–C) groups is 1. The number of rotatable bonds is 8. The van der Waals surface area contributed by atoms with E-state index in [-0.39, 0.29) is 16.4 Å². The number of nitrogens with zero attached hydrogens (tertiary/aromatic N) is 1.